The molecule has 2 rings (SSSR count). The summed E-state index contributed by atoms with van der Waals surface area (Å²) in [5.41, 5.74) is 0.885. The van der Waals surface area contributed by atoms with Crippen LogP contribution in [-0.4, -0.2) is 33.9 Å². The first-order valence-electron chi connectivity index (χ1n) is 5.07. The quantitative estimate of drug-likeness (QED) is 0.834. The molecule has 0 saturated carbocycles. The van der Waals surface area contributed by atoms with Crippen molar-refractivity contribution < 1.29 is 4.79 Å². The molecular formula is C11H12N4OS. The van der Waals surface area contributed by atoms with Crippen molar-refractivity contribution in [1.29, 1.82) is 0 Å². The number of benzene rings is 1. The second-order valence-corrected chi connectivity index (χ2v) is 4.33. The summed E-state index contributed by atoms with van der Waals surface area (Å²) in [4.78, 5) is 17.5. The molecule has 1 aromatic carbocycles. The number of anilines is 1. The number of aromatic nitrogens is 3. The molecule has 88 valence electrons. The Morgan fingerprint density at radius 1 is 1.41 bits per heavy atom. The number of aromatic amines is 1. The number of hydrogen-bond acceptors (Lipinski definition) is 4. The Morgan fingerprint density at radius 3 is 2.82 bits per heavy atom. The molecule has 1 heterocycles. The van der Waals surface area contributed by atoms with Crippen LogP contribution in [0.2, 0.25) is 0 Å². The highest BCUT2D eigenvalue weighted by Crippen LogP contribution is 2.15. The fourth-order valence-electron chi connectivity index (χ4n) is 1.29. The van der Waals surface area contributed by atoms with E-state index in [9.17, 15) is 4.79 Å². The molecule has 0 radical (unpaired) electrons. The molecule has 0 unspecified atom stereocenters. The fraction of sp³-hybridized carbons (Fsp3) is 0.182. The molecule has 0 spiro atoms. The molecule has 2 aromatic rings. The fourth-order valence-corrected chi connectivity index (χ4v) is 1.98. The van der Waals surface area contributed by atoms with Gasteiger partial charge in [-0.1, -0.05) is 30.0 Å². The Kier molecular flexibility index (Phi) is 3.77. The van der Waals surface area contributed by atoms with Gasteiger partial charge in [0.15, 0.2) is 5.16 Å². The first-order chi connectivity index (χ1) is 8.27. The lowest BCUT2D eigenvalue weighted by Crippen LogP contribution is -2.27. The highest BCUT2D eigenvalue weighted by molar-refractivity contribution is 7.99. The van der Waals surface area contributed by atoms with Crippen molar-refractivity contribution >= 4 is 23.4 Å². The number of H-pyrrole nitrogens is 1. The van der Waals surface area contributed by atoms with Gasteiger partial charge in [-0.25, -0.2) is 4.98 Å². The molecule has 0 fully saturated rings. The normalized spacial score (nSPS) is 10.2. The number of nitrogens with one attached hydrogen (secondary N) is 1. The van der Waals surface area contributed by atoms with Crippen molar-refractivity contribution in [3.8, 4) is 0 Å². The Balaban J connectivity index is 1.92. The lowest BCUT2D eigenvalue weighted by atomic mass is 10.3. The van der Waals surface area contributed by atoms with E-state index < -0.39 is 0 Å². The third kappa shape index (κ3) is 3.07. The summed E-state index contributed by atoms with van der Waals surface area (Å²) in [6, 6.07) is 9.53. The Labute approximate surface area is 103 Å². The highest BCUT2D eigenvalue weighted by Gasteiger charge is 2.11. The van der Waals surface area contributed by atoms with Crippen LogP contribution in [0.25, 0.3) is 0 Å². The van der Waals surface area contributed by atoms with Crippen LogP contribution in [0, 0.1) is 0 Å². The van der Waals surface area contributed by atoms with Gasteiger partial charge < -0.3 is 4.90 Å². The summed E-state index contributed by atoms with van der Waals surface area (Å²) >= 11 is 1.34. The maximum Gasteiger partial charge on any atom is 0.237 e. The number of nitrogens with zero attached hydrogens (tertiary/aromatic N) is 3. The molecule has 6 heteroatoms. The lowest BCUT2D eigenvalue weighted by Gasteiger charge is -2.16. The zero-order valence-corrected chi connectivity index (χ0v) is 10.1. The molecule has 0 aliphatic rings. The first-order valence-corrected chi connectivity index (χ1v) is 6.05. The van der Waals surface area contributed by atoms with Gasteiger partial charge in [0, 0.05) is 12.7 Å². The topological polar surface area (TPSA) is 61.9 Å². The van der Waals surface area contributed by atoms with Crippen LogP contribution in [0.15, 0.2) is 41.8 Å². The highest BCUT2D eigenvalue weighted by atomic mass is 32.2. The van der Waals surface area contributed by atoms with E-state index in [0.717, 1.165) is 5.69 Å². The Bertz CT molecular complexity index is 471. The number of hydrogen-bond donors (Lipinski definition) is 1. The lowest BCUT2D eigenvalue weighted by molar-refractivity contribution is -0.115. The standard InChI is InChI=1S/C11H12N4OS/c1-15(9-5-3-2-4-6-9)10(16)7-17-11-12-8-13-14-11/h2-6,8H,7H2,1H3,(H,12,13,14). The van der Waals surface area contributed by atoms with E-state index in [1.165, 1.54) is 18.1 Å². The first kappa shape index (κ1) is 11.7. The van der Waals surface area contributed by atoms with E-state index in [1.807, 2.05) is 30.3 Å². The van der Waals surface area contributed by atoms with Gasteiger partial charge in [-0.2, -0.15) is 5.10 Å². The van der Waals surface area contributed by atoms with Gasteiger partial charge in [0.1, 0.15) is 6.33 Å². The van der Waals surface area contributed by atoms with Crippen molar-refractivity contribution in [2.45, 2.75) is 5.16 Å². The van der Waals surface area contributed by atoms with E-state index in [1.54, 1.807) is 11.9 Å². The summed E-state index contributed by atoms with van der Waals surface area (Å²) in [7, 11) is 1.76. The number of rotatable bonds is 4. The van der Waals surface area contributed by atoms with Crippen LogP contribution in [0.5, 0.6) is 0 Å². The second-order valence-electron chi connectivity index (χ2n) is 3.37. The summed E-state index contributed by atoms with van der Waals surface area (Å²) in [5, 5.41) is 7.08. The van der Waals surface area contributed by atoms with Crippen LogP contribution < -0.4 is 4.90 Å². The van der Waals surface area contributed by atoms with Gasteiger partial charge in [-0.05, 0) is 12.1 Å². The van der Waals surface area contributed by atoms with Gasteiger partial charge in [-0.15, -0.1) is 0 Å². The summed E-state index contributed by atoms with van der Waals surface area (Å²) in [6.45, 7) is 0. The number of amides is 1. The number of para-hydroxylation sites is 1. The molecule has 0 saturated heterocycles. The van der Waals surface area contributed by atoms with Crippen LogP contribution in [0.4, 0.5) is 5.69 Å². The number of carbonyl (C=O) groups excluding carboxylic acids is 1. The van der Waals surface area contributed by atoms with E-state index >= 15 is 0 Å². The molecule has 1 N–H and O–H groups in total. The van der Waals surface area contributed by atoms with Crippen molar-refractivity contribution in [1.82, 2.24) is 15.2 Å². The van der Waals surface area contributed by atoms with Crippen molar-refractivity contribution in [3.63, 3.8) is 0 Å². The molecule has 0 aliphatic carbocycles. The number of carbonyl (C=O) groups is 1. The molecule has 0 atom stereocenters. The average molecular weight is 248 g/mol. The molecule has 1 amide bonds. The van der Waals surface area contributed by atoms with E-state index in [0.29, 0.717) is 10.9 Å². The average Bonchev–Trinajstić information content (AvgIpc) is 2.89. The largest absolute Gasteiger partial charge is 0.315 e. The predicted octanol–water partition coefficient (Wildman–Crippen LogP) is 1.56. The van der Waals surface area contributed by atoms with Gasteiger partial charge in [0.05, 0.1) is 5.75 Å². The zero-order chi connectivity index (χ0) is 12.1. The minimum atomic E-state index is 0.0256. The minimum Gasteiger partial charge on any atom is -0.315 e. The maximum atomic E-state index is 11.9. The van der Waals surface area contributed by atoms with Crippen LogP contribution >= 0.6 is 11.8 Å². The van der Waals surface area contributed by atoms with E-state index in [4.69, 9.17) is 0 Å². The maximum absolute atomic E-state index is 11.9. The van der Waals surface area contributed by atoms with Crippen molar-refractivity contribution in [3.05, 3.63) is 36.7 Å². The minimum absolute atomic E-state index is 0.0256. The summed E-state index contributed by atoms with van der Waals surface area (Å²) in [6.07, 6.45) is 1.42. The van der Waals surface area contributed by atoms with Crippen LogP contribution in [0.1, 0.15) is 0 Å². The molecular weight excluding hydrogens is 236 g/mol. The van der Waals surface area contributed by atoms with E-state index in [2.05, 4.69) is 15.2 Å². The van der Waals surface area contributed by atoms with Crippen molar-refractivity contribution in [2.24, 2.45) is 0 Å². The third-order valence-electron chi connectivity index (χ3n) is 2.24. The molecule has 17 heavy (non-hydrogen) atoms. The monoisotopic (exact) mass is 248 g/mol. The van der Waals surface area contributed by atoms with Gasteiger partial charge >= 0.3 is 0 Å². The van der Waals surface area contributed by atoms with Gasteiger partial charge in [0.2, 0.25) is 5.91 Å². The predicted molar refractivity (Wildman–Crippen MR) is 67.0 cm³/mol. The molecule has 0 aliphatic heterocycles. The van der Waals surface area contributed by atoms with Gasteiger partial charge in [0.25, 0.3) is 0 Å². The SMILES string of the molecule is CN(C(=O)CSc1ncn[nH]1)c1ccccc1. The Hall–Kier alpha value is -1.82. The molecule has 1 aromatic heterocycles. The molecule has 5 nitrogen and oxygen atoms in total. The smallest absolute Gasteiger partial charge is 0.237 e. The third-order valence-corrected chi connectivity index (χ3v) is 3.10. The van der Waals surface area contributed by atoms with Crippen LogP contribution in [0.3, 0.4) is 0 Å². The van der Waals surface area contributed by atoms with Crippen LogP contribution in [-0.2, 0) is 4.79 Å². The van der Waals surface area contributed by atoms with E-state index in [-0.39, 0.29) is 5.91 Å². The van der Waals surface area contributed by atoms with Crippen molar-refractivity contribution in [2.75, 3.05) is 17.7 Å². The Morgan fingerprint density at radius 2 is 2.18 bits per heavy atom. The summed E-state index contributed by atoms with van der Waals surface area (Å²) in [5.74, 6) is 0.359. The molecule has 0 bridgehead atoms. The zero-order valence-electron chi connectivity index (χ0n) is 9.33. The van der Waals surface area contributed by atoms with Gasteiger partial charge in [-0.3, -0.25) is 9.89 Å². The second kappa shape index (κ2) is 5.49. The summed E-state index contributed by atoms with van der Waals surface area (Å²) < 4.78 is 0. The number of thioether (sulfide) groups is 1.